The monoisotopic (exact) mass is 376 g/mol. The third-order valence-corrected chi connectivity index (χ3v) is 6.13. The van der Waals surface area contributed by atoms with Gasteiger partial charge in [-0.2, -0.15) is 0 Å². The summed E-state index contributed by atoms with van der Waals surface area (Å²) in [5.74, 6) is -1.46. The van der Waals surface area contributed by atoms with Crippen LogP contribution in [-0.2, 0) is 6.42 Å². The molecule has 2 aromatic heterocycles. The lowest BCUT2D eigenvalue weighted by Crippen LogP contribution is -2.42. The summed E-state index contributed by atoms with van der Waals surface area (Å²) >= 11 is 3.28. The van der Waals surface area contributed by atoms with E-state index in [1.54, 1.807) is 27.6 Å². The van der Waals surface area contributed by atoms with Crippen molar-refractivity contribution in [3.8, 4) is 0 Å². The molecule has 25 heavy (non-hydrogen) atoms. The largest absolute Gasteiger partial charge is 0.322 e. The van der Waals surface area contributed by atoms with Crippen molar-refractivity contribution >= 4 is 34.4 Å². The van der Waals surface area contributed by atoms with E-state index in [4.69, 9.17) is 0 Å². The van der Waals surface area contributed by atoms with E-state index in [0.717, 1.165) is 29.0 Å². The molecule has 128 valence electrons. The number of amides is 2. The minimum absolute atomic E-state index is 0.0209. The molecule has 1 aliphatic rings. The van der Waals surface area contributed by atoms with Crippen LogP contribution in [-0.4, -0.2) is 17.5 Å². The van der Waals surface area contributed by atoms with E-state index in [0.29, 0.717) is 6.54 Å². The Morgan fingerprint density at radius 1 is 1.16 bits per heavy atom. The van der Waals surface area contributed by atoms with Crippen molar-refractivity contribution in [1.29, 1.82) is 0 Å². The highest BCUT2D eigenvalue weighted by molar-refractivity contribution is 7.10. The number of benzene rings is 1. The summed E-state index contributed by atoms with van der Waals surface area (Å²) < 4.78 is 26.9. The normalized spacial score (nSPS) is 16.6. The number of hydrogen-bond acceptors (Lipinski definition) is 3. The second-order valence-corrected chi connectivity index (χ2v) is 7.69. The first-order valence-electron chi connectivity index (χ1n) is 7.76. The van der Waals surface area contributed by atoms with Crippen LogP contribution in [0.3, 0.4) is 0 Å². The number of anilines is 1. The third kappa shape index (κ3) is 3.05. The lowest BCUT2D eigenvalue weighted by atomic mass is 9.99. The molecule has 1 aromatic carbocycles. The third-order valence-electron chi connectivity index (χ3n) is 4.21. The predicted octanol–water partition coefficient (Wildman–Crippen LogP) is 5.27. The van der Waals surface area contributed by atoms with Crippen LogP contribution < -0.4 is 5.32 Å². The number of nitrogens with one attached hydrogen (secondary N) is 1. The first-order valence-corrected chi connectivity index (χ1v) is 9.52. The fourth-order valence-corrected chi connectivity index (χ4v) is 4.83. The van der Waals surface area contributed by atoms with E-state index in [2.05, 4.69) is 5.32 Å². The topological polar surface area (TPSA) is 32.3 Å². The molecular weight excluding hydrogens is 362 g/mol. The van der Waals surface area contributed by atoms with E-state index >= 15 is 0 Å². The van der Waals surface area contributed by atoms with Gasteiger partial charge in [0.1, 0.15) is 11.6 Å². The molecule has 3 nitrogen and oxygen atoms in total. The van der Waals surface area contributed by atoms with Gasteiger partial charge in [-0.15, -0.1) is 22.7 Å². The first kappa shape index (κ1) is 16.2. The molecule has 1 unspecified atom stereocenters. The molecule has 7 heteroatoms. The highest BCUT2D eigenvalue weighted by atomic mass is 32.1. The van der Waals surface area contributed by atoms with E-state index in [9.17, 15) is 13.6 Å². The van der Waals surface area contributed by atoms with Crippen molar-refractivity contribution in [2.24, 2.45) is 0 Å². The number of fused-ring (bicyclic) bond motifs is 1. The maximum Gasteiger partial charge on any atom is 0.322 e. The quantitative estimate of drug-likeness (QED) is 0.649. The molecule has 1 N–H and O–H groups in total. The summed E-state index contributed by atoms with van der Waals surface area (Å²) in [5, 5.41) is 6.59. The average Bonchev–Trinajstić information content (AvgIpc) is 3.27. The van der Waals surface area contributed by atoms with Gasteiger partial charge in [-0.25, -0.2) is 13.6 Å². The van der Waals surface area contributed by atoms with Crippen LogP contribution in [0.1, 0.15) is 21.4 Å². The average molecular weight is 376 g/mol. The number of thiophene rings is 2. The Kier molecular flexibility index (Phi) is 4.27. The van der Waals surface area contributed by atoms with Crippen molar-refractivity contribution in [1.82, 2.24) is 4.90 Å². The summed E-state index contributed by atoms with van der Waals surface area (Å²) in [6.07, 6.45) is 0.772. The Balaban J connectivity index is 1.65. The maximum absolute atomic E-state index is 13.9. The molecule has 0 radical (unpaired) electrons. The van der Waals surface area contributed by atoms with E-state index in [-0.39, 0.29) is 17.8 Å². The maximum atomic E-state index is 13.9. The second kappa shape index (κ2) is 6.57. The fraction of sp³-hybridized carbons (Fsp3) is 0.167. The van der Waals surface area contributed by atoms with Crippen molar-refractivity contribution < 1.29 is 13.6 Å². The number of nitrogens with zero attached hydrogens (tertiary/aromatic N) is 1. The van der Waals surface area contributed by atoms with Gasteiger partial charge in [-0.05, 0) is 47.0 Å². The number of carbonyl (C=O) groups is 1. The van der Waals surface area contributed by atoms with E-state index in [1.807, 2.05) is 29.0 Å². The molecule has 0 spiro atoms. The van der Waals surface area contributed by atoms with Crippen LogP contribution in [0.4, 0.5) is 19.3 Å². The van der Waals surface area contributed by atoms with Crippen LogP contribution in [0.25, 0.3) is 0 Å². The first-order chi connectivity index (χ1) is 12.1. The number of hydrogen-bond donors (Lipinski definition) is 1. The summed E-state index contributed by atoms with van der Waals surface area (Å²) in [6.45, 7) is 0.546. The zero-order valence-electron chi connectivity index (χ0n) is 13.0. The van der Waals surface area contributed by atoms with Gasteiger partial charge in [-0.1, -0.05) is 6.07 Å². The summed E-state index contributed by atoms with van der Waals surface area (Å²) in [4.78, 5) is 16.9. The van der Waals surface area contributed by atoms with Gasteiger partial charge in [-0.3, -0.25) is 0 Å². The molecule has 3 aromatic rings. The van der Waals surface area contributed by atoms with E-state index in [1.165, 1.54) is 10.9 Å². The Bertz CT molecular complexity index is 908. The highest BCUT2D eigenvalue weighted by Gasteiger charge is 2.33. The Morgan fingerprint density at radius 3 is 2.80 bits per heavy atom. The standard InChI is InChI=1S/C18H14F2N2OS2/c19-11-3-4-14(13(20)10-11)21-18(23)22-7-5-15-12(6-9-25-15)17(22)16-2-1-8-24-16/h1-4,6,8-10,17H,5,7H2,(H,21,23). The van der Waals surface area contributed by atoms with Gasteiger partial charge in [0, 0.05) is 22.4 Å². The van der Waals surface area contributed by atoms with Crippen LogP contribution in [0, 0.1) is 11.6 Å². The molecule has 1 atom stereocenters. The van der Waals surface area contributed by atoms with Gasteiger partial charge >= 0.3 is 6.03 Å². The lowest BCUT2D eigenvalue weighted by molar-refractivity contribution is 0.195. The molecule has 0 bridgehead atoms. The fourth-order valence-electron chi connectivity index (χ4n) is 3.07. The smallest absolute Gasteiger partial charge is 0.312 e. The molecule has 4 rings (SSSR count). The van der Waals surface area contributed by atoms with Gasteiger partial charge in [0.25, 0.3) is 0 Å². The SMILES string of the molecule is O=C(Nc1ccc(F)cc1F)N1CCc2sccc2C1c1cccs1. The van der Waals surface area contributed by atoms with Crippen molar-refractivity contribution in [3.63, 3.8) is 0 Å². The summed E-state index contributed by atoms with van der Waals surface area (Å²) in [7, 11) is 0. The minimum Gasteiger partial charge on any atom is -0.312 e. The Morgan fingerprint density at radius 2 is 2.04 bits per heavy atom. The molecule has 0 aliphatic carbocycles. The van der Waals surface area contributed by atoms with Crippen molar-refractivity contribution in [2.45, 2.75) is 12.5 Å². The van der Waals surface area contributed by atoms with Gasteiger partial charge in [0.15, 0.2) is 0 Å². The predicted molar refractivity (Wildman–Crippen MR) is 96.3 cm³/mol. The molecular formula is C18H14F2N2OS2. The van der Waals surface area contributed by atoms with Crippen molar-refractivity contribution in [2.75, 3.05) is 11.9 Å². The molecule has 0 fully saturated rings. The minimum atomic E-state index is -0.783. The lowest BCUT2D eigenvalue weighted by Gasteiger charge is -2.35. The summed E-state index contributed by atoms with van der Waals surface area (Å²) in [6, 6.07) is 8.56. The Labute approximate surface area is 151 Å². The van der Waals surface area contributed by atoms with Crippen LogP contribution in [0.15, 0.2) is 47.2 Å². The van der Waals surface area contributed by atoms with Gasteiger partial charge in [0.2, 0.25) is 0 Å². The highest BCUT2D eigenvalue weighted by Crippen LogP contribution is 2.39. The number of urea groups is 1. The molecule has 3 heterocycles. The molecule has 1 aliphatic heterocycles. The van der Waals surface area contributed by atoms with Gasteiger partial charge in [0.05, 0.1) is 11.7 Å². The molecule has 2 amide bonds. The number of halogens is 2. The van der Waals surface area contributed by atoms with Crippen molar-refractivity contribution in [3.05, 3.63) is 74.1 Å². The zero-order valence-corrected chi connectivity index (χ0v) is 14.7. The summed E-state index contributed by atoms with van der Waals surface area (Å²) in [5.41, 5.74) is 1.10. The molecule has 0 saturated heterocycles. The molecule has 0 saturated carbocycles. The zero-order chi connectivity index (χ0) is 17.4. The second-order valence-electron chi connectivity index (χ2n) is 5.71. The van der Waals surface area contributed by atoms with Gasteiger partial charge < -0.3 is 10.2 Å². The Hall–Kier alpha value is -2.25. The van der Waals surface area contributed by atoms with E-state index < -0.39 is 11.6 Å². The van der Waals surface area contributed by atoms with Crippen LogP contribution in [0.5, 0.6) is 0 Å². The number of carbonyl (C=O) groups excluding carboxylic acids is 1. The van der Waals surface area contributed by atoms with Crippen LogP contribution >= 0.6 is 22.7 Å². The number of rotatable bonds is 2. The van der Waals surface area contributed by atoms with Crippen LogP contribution in [0.2, 0.25) is 0 Å².